The molecule has 1 amide bonds. The molecule has 0 spiro atoms. The number of halogens is 3. The number of nitrogen functional groups attached to an aromatic ring is 2. The number of para-hydroxylation sites is 1. The number of nitrogens with two attached hydrogens (primary N) is 2. The largest absolute Gasteiger partial charge is 0.417 e. The fraction of sp³-hybridized carbons (Fsp3) is 0.0476. The number of aromatic nitrogens is 4. The second-order valence-corrected chi connectivity index (χ2v) is 6.73. The molecular weight excluding hydrogens is 423 g/mol. The molecule has 8 nitrogen and oxygen atoms in total. The Kier molecular flexibility index (Phi) is 5.23. The van der Waals surface area contributed by atoms with Gasteiger partial charge in [0, 0.05) is 23.5 Å². The average Bonchev–Trinajstić information content (AvgIpc) is 3.15. The molecule has 0 saturated carbocycles. The van der Waals surface area contributed by atoms with Gasteiger partial charge in [-0.05, 0) is 30.3 Å². The van der Waals surface area contributed by atoms with Gasteiger partial charge in [-0.1, -0.05) is 18.2 Å². The zero-order valence-corrected chi connectivity index (χ0v) is 16.3. The smallest absolute Gasteiger partial charge is 0.384 e. The lowest BCUT2D eigenvalue weighted by Gasteiger charge is -2.12. The van der Waals surface area contributed by atoms with Crippen LogP contribution < -0.4 is 16.8 Å². The summed E-state index contributed by atoms with van der Waals surface area (Å²) in [5, 5.41) is 6.64. The highest BCUT2D eigenvalue weighted by Gasteiger charge is 2.30. The van der Waals surface area contributed by atoms with Gasteiger partial charge in [-0.2, -0.15) is 18.3 Å². The van der Waals surface area contributed by atoms with Crippen LogP contribution in [0.25, 0.3) is 16.8 Å². The summed E-state index contributed by atoms with van der Waals surface area (Å²) in [6, 6.07) is 12.6. The van der Waals surface area contributed by atoms with Crippen molar-refractivity contribution in [2.45, 2.75) is 6.18 Å². The van der Waals surface area contributed by atoms with Crippen LogP contribution in [0.1, 0.15) is 15.9 Å². The number of amides is 1. The van der Waals surface area contributed by atoms with Gasteiger partial charge in [0.25, 0.3) is 5.91 Å². The minimum absolute atomic E-state index is 0.0388. The molecule has 4 aromatic rings. The summed E-state index contributed by atoms with van der Waals surface area (Å²) >= 11 is 0. The molecule has 3 aromatic heterocycles. The van der Waals surface area contributed by atoms with Crippen molar-refractivity contribution in [3.05, 3.63) is 78.2 Å². The summed E-state index contributed by atoms with van der Waals surface area (Å²) in [6.45, 7) is 0. The second kappa shape index (κ2) is 8.02. The van der Waals surface area contributed by atoms with E-state index in [0.717, 1.165) is 23.3 Å². The standard InChI is InChI=1S/C21H16F3N7O/c22-21(23,24)13-6-8-18(28-10-13)30-20(32)15-11-29-31(19(15)26)16-4-2-1-3-14(16)12-5-7-17(25)27-9-12/h1-11H,26H2,(H2,25,27)(H,28,30,32). The molecule has 0 bridgehead atoms. The lowest BCUT2D eigenvalue weighted by Crippen LogP contribution is -2.15. The first kappa shape index (κ1) is 20.8. The molecule has 0 atom stereocenters. The highest BCUT2D eigenvalue weighted by Crippen LogP contribution is 2.30. The maximum absolute atomic E-state index is 12.7. The molecule has 0 aliphatic carbocycles. The molecule has 32 heavy (non-hydrogen) atoms. The first-order chi connectivity index (χ1) is 15.2. The lowest BCUT2D eigenvalue weighted by molar-refractivity contribution is -0.137. The van der Waals surface area contributed by atoms with Crippen molar-refractivity contribution >= 4 is 23.4 Å². The van der Waals surface area contributed by atoms with Crippen molar-refractivity contribution in [3.8, 4) is 16.8 Å². The number of hydrogen-bond donors (Lipinski definition) is 3. The van der Waals surface area contributed by atoms with Crippen LogP contribution >= 0.6 is 0 Å². The van der Waals surface area contributed by atoms with Gasteiger partial charge in [-0.3, -0.25) is 4.79 Å². The number of nitrogens with zero attached hydrogens (tertiary/aromatic N) is 4. The third kappa shape index (κ3) is 4.08. The molecule has 0 aliphatic rings. The predicted molar refractivity (Wildman–Crippen MR) is 113 cm³/mol. The summed E-state index contributed by atoms with van der Waals surface area (Å²) in [4.78, 5) is 20.3. The van der Waals surface area contributed by atoms with E-state index in [1.165, 1.54) is 10.9 Å². The molecule has 0 fully saturated rings. The zero-order chi connectivity index (χ0) is 22.9. The molecule has 0 unspecified atom stereocenters. The maximum atomic E-state index is 12.7. The van der Waals surface area contributed by atoms with Crippen LogP contribution in [0.4, 0.5) is 30.6 Å². The van der Waals surface area contributed by atoms with Crippen molar-refractivity contribution in [3.63, 3.8) is 0 Å². The summed E-state index contributed by atoms with van der Waals surface area (Å²) in [5.41, 5.74) is 13.1. The van der Waals surface area contributed by atoms with Gasteiger partial charge in [-0.25, -0.2) is 14.6 Å². The topological polar surface area (TPSA) is 125 Å². The predicted octanol–water partition coefficient (Wildman–Crippen LogP) is 3.76. The van der Waals surface area contributed by atoms with Gasteiger partial charge >= 0.3 is 6.18 Å². The van der Waals surface area contributed by atoms with Crippen molar-refractivity contribution in [1.82, 2.24) is 19.7 Å². The van der Waals surface area contributed by atoms with E-state index < -0.39 is 17.6 Å². The Labute approximate surface area is 179 Å². The summed E-state index contributed by atoms with van der Waals surface area (Å²) < 4.78 is 39.4. The fourth-order valence-corrected chi connectivity index (χ4v) is 3.01. The van der Waals surface area contributed by atoms with E-state index in [-0.39, 0.29) is 17.2 Å². The molecule has 1 aromatic carbocycles. The SMILES string of the molecule is Nc1ccc(-c2ccccc2-n2ncc(C(=O)Nc3ccc(C(F)(F)F)cn3)c2N)cn1. The van der Waals surface area contributed by atoms with E-state index in [0.29, 0.717) is 17.7 Å². The van der Waals surface area contributed by atoms with Crippen LogP contribution in [0, 0.1) is 0 Å². The van der Waals surface area contributed by atoms with E-state index >= 15 is 0 Å². The first-order valence-electron chi connectivity index (χ1n) is 9.23. The lowest BCUT2D eigenvalue weighted by atomic mass is 10.1. The van der Waals surface area contributed by atoms with Crippen LogP contribution in [0.15, 0.2) is 67.1 Å². The normalized spacial score (nSPS) is 11.3. The van der Waals surface area contributed by atoms with Crippen LogP contribution in [-0.2, 0) is 6.18 Å². The number of hydrogen-bond acceptors (Lipinski definition) is 6. The Bertz CT molecular complexity index is 1270. The fourth-order valence-electron chi connectivity index (χ4n) is 3.01. The van der Waals surface area contributed by atoms with Crippen molar-refractivity contribution in [1.29, 1.82) is 0 Å². The number of rotatable bonds is 4. The number of benzene rings is 1. The highest BCUT2D eigenvalue weighted by atomic mass is 19.4. The molecule has 0 radical (unpaired) electrons. The average molecular weight is 439 g/mol. The molecule has 5 N–H and O–H groups in total. The molecule has 4 rings (SSSR count). The van der Waals surface area contributed by atoms with Crippen molar-refractivity contribution in [2.24, 2.45) is 0 Å². The van der Waals surface area contributed by atoms with Crippen LogP contribution in [-0.4, -0.2) is 25.7 Å². The monoisotopic (exact) mass is 439 g/mol. The number of carbonyl (C=O) groups is 1. The van der Waals surface area contributed by atoms with Gasteiger partial charge in [0.2, 0.25) is 0 Å². The second-order valence-electron chi connectivity index (χ2n) is 6.73. The van der Waals surface area contributed by atoms with E-state index in [1.807, 2.05) is 12.1 Å². The summed E-state index contributed by atoms with van der Waals surface area (Å²) in [6.07, 6.45) is -1.00. The van der Waals surface area contributed by atoms with Gasteiger partial charge in [0.15, 0.2) is 0 Å². The molecule has 11 heteroatoms. The molecular formula is C21H16F3N7O. The molecule has 0 saturated heterocycles. The van der Waals surface area contributed by atoms with Gasteiger partial charge < -0.3 is 16.8 Å². The molecule has 3 heterocycles. The van der Waals surface area contributed by atoms with Gasteiger partial charge in [0.05, 0.1) is 17.4 Å². The Hall–Kier alpha value is -4.41. The first-order valence-corrected chi connectivity index (χ1v) is 9.23. The number of alkyl halides is 3. The number of pyridine rings is 2. The zero-order valence-electron chi connectivity index (χ0n) is 16.3. The Morgan fingerprint density at radius 2 is 1.72 bits per heavy atom. The third-order valence-corrected chi connectivity index (χ3v) is 4.61. The van der Waals surface area contributed by atoms with Crippen molar-refractivity contribution in [2.75, 3.05) is 16.8 Å². The van der Waals surface area contributed by atoms with Gasteiger partial charge in [0.1, 0.15) is 23.0 Å². The van der Waals surface area contributed by atoms with E-state index in [1.54, 1.807) is 30.5 Å². The van der Waals surface area contributed by atoms with Crippen molar-refractivity contribution < 1.29 is 18.0 Å². The molecule has 162 valence electrons. The van der Waals surface area contributed by atoms with E-state index in [2.05, 4.69) is 20.4 Å². The summed E-state index contributed by atoms with van der Waals surface area (Å²) in [5.74, 6) is -0.290. The maximum Gasteiger partial charge on any atom is 0.417 e. The number of carbonyl (C=O) groups excluding carboxylic acids is 1. The minimum Gasteiger partial charge on any atom is -0.384 e. The minimum atomic E-state index is -4.52. The van der Waals surface area contributed by atoms with Crippen LogP contribution in [0.3, 0.4) is 0 Å². The Morgan fingerprint density at radius 3 is 2.38 bits per heavy atom. The molecule has 0 aliphatic heterocycles. The summed E-state index contributed by atoms with van der Waals surface area (Å²) in [7, 11) is 0. The number of nitrogens with one attached hydrogen (secondary N) is 1. The highest BCUT2D eigenvalue weighted by molar-refractivity contribution is 6.07. The van der Waals surface area contributed by atoms with Crippen LogP contribution in [0.5, 0.6) is 0 Å². The Balaban J connectivity index is 1.62. The van der Waals surface area contributed by atoms with E-state index in [4.69, 9.17) is 11.5 Å². The van der Waals surface area contributed by atoms with Gasteiger partial charge in [-0.15, -0.1) is 0 Å². The Morgan fingerprint density at radius 1 is 0.938 bits per heavy atom. The third-order valence-electron chi connectivity index (χ3n) is 4.61. The number of anilines is 3. The van der Waals surface area contributed by atoms with E-state index in [9.17, 15) is 18.0 Å². The van der Waals surface area contributed by atoms with Crippen LogP contribution in [0.2, 0.25) is 0 Å². The quantitative estimate of drug-likeness (QED) is 0.445.